The zero-order valence-electron chi connectivity index (χ0n) is 10.9. The molecule has 1 aliphatic carbocycles. The van der Waals surface area contributed by atoms with E-state index in [0.717, 1.165) is 12.5 Å². The average Bonchev–Trinajstić information content (AvgIpc) is 3.14. The number of nitrogens with one attached hydrogen (secondary N) is 1. The molecule has 1 aliphatic rings. The van der Waals surface area contributed by atoms with Gasteiger partial charge >= 0.3 is 0 Å². The highest BCUT2D eigenvalue weighted by atomic mass is 32.2. The molecule has 0 heterocycles. The van der Waals surface area contributed by atoms with Crippen LogP contribution >= 0.6 is 11.8 Å². The van der Waals surface area contributed by atoms with E-state index in [1.54, 1.807) is 0 Å². The maximum atomic E-state index is 3.44. The van der Waals surface area contributed by atoms with Crippen LogP contribution in [-0.4, -0.2) is 12.3 Å². The molecule has 1 fully saturated rings. The van der Waals surface area contributed by atoms with Gasteiger partial charge in [0.1, 0.15) is 0 Å². The van der Waals surface area contributed by atoms with Crippen molar-refractivity contribution in [3.8, 4) is 0 Å². The number of benzene rings is 1. The Morgan fingerprint density at radius 1 is 1.29 bits per heavy atom. The molecule has 0 aliphatic heterocycles. The lowest BCUT2D eigenvalue weighted by Crippen LogP contribution is -2.17. The van der Waals surface area contributed by atoms with Crippen molar-refractivity contribution in [3.05, 3.63) is 29.8 Å². The summed E-state index contributed by atoms with van der Waals surface area (Å²) in [4.78, 5) is 1.41. The van der Waals surface area contributed by atoms with E-state index in [0.29, 0.717) is 6.04 Å². The third-order valence-corrected chi connectivity index (χ3v) is 4.43. The molecular formula is C15H23NS. The van der Waals surface area contributed by atoms with E-state index in [4.69, 9.17) is 0 Å². The number of rotatable bonds is 7. The lowest BCUT2D eigenvalue weighted by Gasteiger charge is -2.13. The molecule has 0 bridgehead atoms. The largest absolute Gasteiger partial charge is 0.310 e. The van der Waals surface area contributed by atoms with E-state index < -0.39 is 0 Å². The first kappa shape index (κ1) is 13.0. The summed E-state index contributed by atoms with van der Waals surface area (Å²) in [5.74, 6) is 2.34. The molecule has 1 unspecified atom stereocenters. The molecule has 0 spiro atoms. The zero-order chi connectivity index (χ0) is 12.1. The fraction of sp³-hybridized carbons (Fsp3) is 0.600. The Morgan fingerprint density at radius 3 is 2.59 bits per heavy atom. The van der Waals surface area contributed by atoms with Crippen LogP contribution in [0.4, 0.5) is 0 Å². The van der Waals surface area contributed by atoms with Crippen LogP contribution in [0.2, 0.25) is 0 Å². The van der Waals surface area contributed by atoms with Crippen molar-refractivity contribution in [2.45, 2.75) is 44.0 Å². The summed E-state index contributed by atoms with van der Waals surface area (Å²) in [5.41, 5.74) is 1.39. The Balaban J connectivity index is 1.79. The van der Waals surface area contributed by atoms with Crippen LogP contribution in [-0.2, 0) is 0 Å². The molecule has 1 atom stereocenters. The molecule has 1 N–H and O–H groups in total. The number of thioether (sulfide) groups is 1. The second-order valence-corrected chi connectivity index (χ2v) is 6.10. The molecule has 1 aromatic carbocycles. The molecule has 1 saturated carbocycles. The Bertz CT molecular complexity index is 329. The van der Waals surface area contributed by atoms with Crippen LogP contribution in [0.5, 0.6) is 0 Å². The summed E-state index contributed by atoms with van der Waals surface area (Å²) >= 11 is 2.00. The molecule has 2 rings (SSSR count). The fourth-order valence-corrected chi connectivity index (χ4v) is 3.04. The number of hydrogen-bond donors (Lipinski definition) is 1. The topological polar surface area (TPSA) is 12.0 Å². The molecule has 0 saturated heterocycles. The highest BCUT2D eigenvalue weighted by Crippen LogP contribution is 2.34. The normalized spacial score (nSPS) is 17.1. The van der Waals surface area contributed by atoms with Gasteiger partial charge in [-0.15, -0.1) is 11.8 Å². The summed E-state index contributed by atoms with van der Waals surface area (Å²) in [6.07, 6.45) is 4.35. The third kappa shape index (κ3) is 4.36. The van der Waals surface area contributed by atoms with Gasteiger partial charge in [-0.25, -0.2) is 0 Å². The smallest absolute Gasteiger partial charge is 0.0291 e. The van der Waals surface area contributed by atoms with E-state index in [1.807, 2.05) is 11.8 Å². The number of hydrogen-bond acceptors (Lipinski definition) is 2. The summed E-state index contributed by atoms with van der Waals surface area (Å²) in [5, 5.41) is 3.44. The average molecular weight is 249 g/mol. The summed E-state index contributed by atoms with van der Waals surface area (Å²) in [6.45, 7) is 5.40. The van der Waals surface area contributed by atoms with Gasteiger partial charge in [0.05, 0.1) is 0 Å². The predicted octanol–water partition coefficient (Wildman–Crippen LogP) is 4.25. The molecule has 1 nitrogen and oxygen atoms in total. The minimum absolute atomic E-state index is 0.463. The fourth-order valence-electron chi connectivity index (χ4n) is 2.03. The monoisotopic (exact) mass is 249 g/mol. The van der Waals surface area contributed by atoms with Crippen molar-refractivity contribution in [2.75, 3.05) is 12.3 Å². The molecular weight excluding hydrogens is 226 g/mol. The minimum atomic E-state index is 0.463. The van der Waals surface area contributed by atoms with Gasteiger partial charge in [0, 0.05) is 10.9 Å². The van der Waals surface area contributed by atoms with Crippen LogP contribution in [0.3, 0.4) is 0 Å². The lowest BCUT2D eigenvalue weighted by atomic mass is 10.1. The van der Waals surface area contributed by atoms with Crippen molar-refractivity contribution in [1.82, 2.24) is 5.32 Å². The van der Waals surface area contributed by atoms with Crippen molar-refractivity contribution >= 4 is 11.8 Å². The van der Waals surface area contributed by atoms with E-state index in [2.05, 4.69) is 43.4 Å². The molecule has 1 aromatic rings. The van der Waals surface area contributed by atoms with Gasteiger partial charge in [-0.3, -0.25) is 0 Å². The van der Waals surface area contributed by atoms with Gasteiger partial charge in [-0.2, -0.15) is 0 Å². The predicted molar refractivity (Wildman–Crippen MR) is 76.6 cm³/mol. The SMILES string of the molecule is CCNC(C)c1ccc(SCCC2CC2)cc1. The van der Waals surface area contributed by atoms with Gasteiger partial charge in [-0.05, 0) is 49.3 Å². The van der Waals surface area contributed by atoms with Gasteiger partial charge in [0.25, 0.3) is 0 Å². The van der Waals surface area contributed by atoms with Crippen LogP contribution < -0.4 is 5.32 Å². The molecule has 2 heteroatoms. The molecule has 17 heavy (non-hydrogen) atoms. The lowest BCUT2D eigenvalue weighted by molar-refractivity contribution is 0.598. The van der Waals surface area contributed by atoms with Crippen LogP contribution in [0, 0.1) is 5.92 Å². The minimum Gasteiger partial charge on any atom is -0.310 e. The van der Waals surface area contributed by atoms with Crippen LogP contribution in [0.1, 0.15) is 44.7 Å². The van der Waals surface area contributed by atoms with Crippen molar-refractivity contribution in [1.29, 1.82) is 0 Å². The first-order valence-corrected chi connectivity index (χ1v) is 7.74. The van der Waals surface area contributed by atoms with E-state index in [1.165, 1.54) is 35.5 Å². The summed E-state index contributed by atoms with van der Waals surface area (Å²) in [6, 6.07) is 9.51. The molecule has 0 amide bonds. The van der Waals surface area contributed by atoms with Crippen molar-refractivity contribution < 1.29 is 0 Å². The first-order chi connectivity index (χ1) is 8.29. The van der Waals surface area contributed by atoms with Gasteiger partial charge in [0.15, 0.2) is 0 Å². The van der Waals surface area contributed by atoms with Crippen LogP contribution in [0.15, 0.2) is 29.2 Å². The summed E-state index contributed by atoms with van der Waals surface area (Å²) < 4.78 is 0. The maximum absolute atomic E-state index is 3.44. The molecule has 0 radical (unpaired) electrons. The zero-order valence-corrected chi connectivity index (χ0v) is 11.7. The third-order valence-electron chi connectivity index (χ3n) is 3.38. The van der Waals surface area contributed by atoms with Crippen molar-refractivity contribution in [2.24, 2.45) is 5.92 Å². The second kappa shape index (κ2) is 6.46. The van der Waals surface area contributed by atoms with Gasteiger partial charge < -0.3 is 5.32 Å². The molecule has 94 valence electrons. The highest BCUT2D eigenvalue weighted by molar-refractivity contribution is 7.99. The Kier molecular flexibility index (Phi) is 4.93. The quantitative estimate of drug-likeness (QED) is 0.725. The first-order valence-electron chi connectivity index (χ1n) is 6.75. The van der Waals surface area contributed by atoms with E-state index in [-0.39, 0.29) is 0 Å². The maximum Gasteiger partial charge on any atom is 0.0291 e. The van der Waals surface area contributed by atoms with E-state index in [9.17, 15) is 0 Å². The van der Waals surface area contributed by atoms with Gasteiger partial charge in [-0.1, -0.05) is 31.9 Å². The Hall–Kier alpha value is -0.470. The molecule has 0 aromatic heterocycles. The summed E-state index contributed by atoms with van der Waals surface area (Å²) in [7, 11) is 0. The van der Waals surface area contributed by atoms with E-state index >= 15 is 0 Å². The van der Waals surface area contributed by atoms with Gasteiger partial charge in [0.2, 0.25) is 0 Å². The standard InChI is InChI=1S/C15H23NS/c1-3-16-12(2)14-6-8-15(9-7-14)17-11-10-13-4-5-13/h6-9,12-13,16H,3-5,10-11H2,1-2H3. The Labute approximate surface area is 109 Å². The second-order valence-electron chi connectivity index (χ2n) is 4.93. The Morgan fingerprint density at radius 2 is 2.00 bits per heavy atom. The highest BCUT2D eigenvalue weighted by Gasteiger charge is 2.20. The van der Waals surface area contributed by atoms with Crippen LogP contribution in [0.25, 0.3) is 0 Å². The van der Waals surface area contributed by atoms with Crippen molar-refractivity contribution in [3.63, 3.8) is 0 Å².